The number of aromatic nitrogens is 2. The smallest absolute Gasteiger partial charge is 0.320 e. The van der Waals surface area contributed by atoms with Crippen LogP contribution in [0.25, 0.3) is 16.3 Å². The van der Waals surface area contributed by atoms with Gasteiger partial charge in [0.25, 0.3) is 0 Å². The highest BCUT2D eigenvalue weighted by atomic mass is 16.3. The minimum absolute atomic E-state index is 0.281. The summed E-state index contributed by atoms with van der Waals surface area (Å²) in [5.41, 5.74) is 5.06. The number of allylic oxidation sites excluding steroid dienone is 4. The molecule has 2 heterocycles. The molecule has 0 spiro atoms. The van der Waals surface area contributed by atoms with E-state index in [2.05, 4.69) is 40.5 Å². The molecule has 33 heavy (non-hydrogen) atoms. The number of nitrogens with one attached hydrogen (secondary N) is 2. The minimum Gasteiger partial charge on any atom is -0.388 e. The van der Waals surface area contributed by atoms with Crippen molar-refractivity contribution in [1.29, 1.82) is 0 Å². The van der Waals surface area contributed by atoms with Gasteiger partial charge >= 0.3 is 6.03 Å². The largest absolute Gasteiger partial charge is 0.388 e. The van der Waals surface area contributed by atoms with Crippen molar-refractivity contribution < 1.29 is 9.90 Å². The van der Waals surface area contributed by atoms with Crippen LogP contribution in [0.15, 0.2) is 53.4 Å². The molecule has 2 rings (SSSR count). The van der Waals surface area contributed by atoms with Crippen LogP contribution in [-0.4, -0.2) is 33.8 Å². The van der Waals surface area contributed by atoms with Crippen molar-refractivity contribution in [3.05, 3.63) is 59.1 Å². The van der Waals surface area contributed by atoms with Gasteiger partial charge in [-0.1, -0.05) is 45.4 Å². The van der Waals surface area contributed by atoms with E-state index in [1.54, 1.807) is 12.4 Å². The summed E-state index contributed by atoms with van der Waals surface area (Å²) in [6, 6.07) is 3.52. The second-order valence-corrected chi connectivity index (χ2v) is 7.51. The molecule has 0 saturated heterocycles. The lowest BCUT2D eigenvalue weighted by atomic mass is 9.94. The molecular weight excluding hydrogens is 412 g/mol. The van der Waals surface area contributed by atoms with Gasteiger partial charge < -0.3 is 10.4 Å². The zero-order valence-electron chi connectivity index (χ0n) is 21.4. The Balaban J connectivity index is 0.00000265. The summed E-state index contributed by atoms with van der Waals surface area (Å²) in [5, 5.41) is 17.7. The highest BCUT2D eigenvalue weighted by Crippen LogP contribution is 2.28. The number of aliphatic hydroxyl groups is 1. The van der Waals surface area contributed by atoms with Crippen LogP contribution in [0.5, 0.6) is 0 Å². The molecule has 0 radical (unpaired) electrons. The quantitative estimate of drug-likeness (QED) is 0.392. The van der Waals surface area contributed by atoms with E-state index in [1.165, 1.54) is 5.57 Å². The van der Waals surface area contributed by atoms with E-state index in [1.807, 2.05) is 59.8 Å². The Labute approximate surface area is 198 Å². The maximum absolute atomic E-state index is 11.7. The molecule has 2 amide bonds. The number of anilines is 1. The summed E-state index contributed by atoms with van der Waals surface area (Å²) in [5.74, 6) is 0.480. The van der Waals surface area contributed by atoms with Crippen LogP contribution in [0.4, 0.5) is 10.6 Å². The van der Waals surface area contributed by atoms with Gasteiger partial charge in [0.1, 0.15) is 5.82 Å². The predicted octanol–water partition coefficient (Wildman–Crippen LogP) is 6.64. The van der Waals surface area contributed by atoms with Gasteiger partial charge in [-0.3, -0.25) is 10.3 Å². The van der Waals surface area contributed by atoms with Crippen LogP contribution in [-0.2, 0) is 0 Å². The van der Waals surface area contributed by atoms with E-state index in [-0.39, 0.29) is 6.03 Å². The van der Waals surface area contributed by atoms with E-state index >= 15 is 0 Å². The van der Waals surface area contributed by atoms with Crippen LogP contribution < -0.4 is 10.6 Å². The fourth-order valence-corrected chi connectivity index (χ4v) is 3.39. The van der Waals surface area contributed by atoms with Crippen LogP contribution in [0.1, 0.15) is 73.9 Å². The average molecular weight is 453 g/mol. The standard InChI is InChI=1S/C25H34N4O2.C2H6/c1-7-16(5)21(23(30)9-3)11-17(6)20(8-2)22-12-18-15-28-24(13-19(18)14-27-22)29-25(31)26-10-4;1-2/h8,11-15,23,30H,7,9-10H2,1-6H3,(H2,26,28,29,31);1-2H3/b17-11-,20-8+,21-16-;. The number of hydrogen-bond donors (Lipinski definition) is 3. The van der Waals surface area contributed by atoms with Gasteiger partial charge in [0, 0.05) is 29.7 Å². The molecule has 2 aromatic rings. The molecule has 0 bridgehead atoms. The molecule has 0 fully saturated rings. The fourth-order valence-electron chi connectivity index (χ4n) is 3.39. The van der Waals surface area contributed by atoms with Crippen LogP contribution >= 0.6 is 0 Å². The first-order valence-corrected chi connectivity index (χ1v) is 11.9. The molecule has 0 aliphatic carbocycles. The minimum atomic E-state index is -0.474. The van der Waals surface area contributed by atoms with Crippen LogP contribution in [0.2, 0.25) is 0 Å². The molecule has 1 unspecified atom stereocenters. The first kappa shape index (κ1) is 28.0. The molecule has 3 N–H and O–H groups in total. The third kappa shape index (κ3) is 7.82. The van der Waals surface area contributed by atoms with Gasteiger partial charge in [0.15, 0.2) is 0 Å². The van der Waals surface area contributed by atoms with E-state index in [4.69, 9.17) is 0 Å². The summed E-state index contributed by atoms with van der Waals surface area (Å²) in [6.45, 7) is 16.6. The van der Waals surface area contributed by atoms with Crippen molar-refractivity contribution in [2.24, 2.45) is 0 Å². The van der Waals surface area contributed by atoms with Crippen LogP contribution in [0, 0.1) is 0 Å². The molecule has 180 valence electrons. The van der Waals surface area contributed by atoms with Crippen molar-refractivity contribution >= 4 is 28.2 Å². The Morgan fingerprint density at radius 2 is 1.73 bits per heavy atom. The lowest BCUT2D eigenvalue weighted by Gasteiger charge is -2.16. The number of carbonyl (C=O) groups is 1. The molecule has 6 nitrogen and oxygen atoms in total. The average Bonchev–Trinajstić information content (AvgIpc) is 2.83. The maximum Gasteiger partial charge on any atom is 0.320 e. The topological polar surface area (TPSA) is 87.1 Å². The summed E-state index contributed by atoms with van der Waals surface area (Å²) in [4.78, 5) is 20.7. The van der Waals surface area contributed by atoms with Crippen molar-refractivity contribution in [1.82, 2.24) is 15.3 Å². The Morgan fingerprint density at radius 1 is 1.09 bits per heavy atom. The van der Waals surface area contributed by atoms with E-state index in [0.717, 1.165) is 39.6 Å². The predicted molar refractivity (Wildman–Crippen MR) is 140 cm³/mol. The second-order valence-electron chi connectivity index (χ2n) is 7.51. The lowest BCUT2D eigenvalue weighted by molar-refractivity contribution is 0.209. The summed E-state index contributed by atoms with van der Waals surface area (Å²) in [6.07, 6.45) is 8.74. The Bertz CT molecular complexity index is 1020. The number of pyridine rings is 2. The number of hydrogen-bond acceptors (Lipinski definition) is 4. The number of carbonyl (C=O) groups excluding carboxylic acids is 1. The van der Waals surface area contributed by atoms with Gasteiger partial charge in [-0.25, -0.2) is 9.78 Å². The van der Waals surface area contributed by atoms with Crippen molar-refractivity contribution in [3.8, 4) is 0 Å². The van der Waals surface area contributed by atoms with E-state index in [0.29, 0.717) is 18.8 Å². The molecule has 0 saturated carbocycles. The summed E-state index contributed by atoms with van der Waals surface area (Å²) >= 11 is 0. The highest BCUT2D eigenvalue weighted by Gasteiger charge is 2.13. The van der Waals surface area contributed by atoms with E-state index in [9.17, 15) is 9.90 Å². The number of nitrogens with zero attached hydrogens (tertiary/aromatic N) is 2. The number of rotatable bonds is 8. The second kappa shape index (κ2) is 14.2. The maximum atomic E-state index is 11.7. The van der Waals surface area contributed by atoms with Gasteiger partial charge in [-0.2, -0.15) is 0 Å². The lowest BCUT2D eigenvalue weighted by Crippen LogP contribution is -2.28. The third-order valence-electron chi connectivity index (χ3n) is 5.31. The molecule has 0 aromatic carbocycles. The van der Waals surface area contributed by atoms with Crippen LogP contribution in [0.3, 0.4) is 0 Å². The van der Waals surface area contributed by atoms with Gasteiger partial charge in [0.2, 0.25) is 0 Å². The zero-order chi connectivity index (χ0) is 25.0. The first-order valence-electron chi connectivity index (χ1n) is 11.9. The number of urea groups is 1. The number of aliphatic hydroxyl groups excluding tert-OH is 1. The molecular formula is C27H40N4O2. The SMILES string of the molecule is CC.C\C=C(/C(C)=C\C(=C(/C)CC)C(O)CC)c1cc2cnc(NC(=O)NCC)cc2cn1. The first-order chi connectivity index (χ1) is 15.8. The summed E-state index contributed by atoms with van der Waals surface area (Å²) in [7, 11) is 0. The molecule has 1 atom stereocenters. The normalized spacial score (nSPS) is 13.6. The fraction of sp³-hybridized carbons (Fsp3) is 0.444. The van der Waals surface area contributed by atoms with E-state index < -0.39 is 6.10 Å². The number of fused-ring (bicyclic) bond motifs is 1. The Kier molecular flexibility index (Phi) is 12.1. The Morgan fingerprint density at radius 3 is 2.30 bits per heavy atom. The van der Waals surface area contributed by atoms with Crippen molar-refractivity contribution in [2.75, 3.05) is 11.9 Å². The molecule has 2 aromatic heterocycles. The molecule has 6 heteroatoms. The third-order valence-corrected chi connectivity index (χ3v) is 5.31. The van der Waals surface area contributed by atoms with Gasteiger partial charge in [-0.05, 0) is 69.4 Å². The number of amides is 2. The summed E-state index contributed by atoms with van der Waals surface area (Å²) < 4.78 is 0. The van der Waals surface area contributed by atoms with Gasteiger partial charge in [0.05, 0.1) is 11.8 Å². The highest BCUT2D eigenvalue weighted by molar-refractivity contribution is 5.92. The van der Waals surface area contributed by atoms with Crippen molar-refractivity contribution in [3.63, 3.8) is 0 Å². The van der Waals surface area contributed by atoms with Crippen molar-refractivity contribution in [2.45, 2.75) is 74.3 Å². The molecule has 0 aliphatic heterocycles. The van der Waals surface area contributed by atoms with Gasteiger partial charge in [-0.15, -0.1) is 0 Å². The molecule has 0 aliphatic rings. The monoisotopic (exact) mass is 452 g/mol. The Hall–Kier alpha value is -2.99. The zero-order valence-corrected chi connectivity index (χ0v) is 21.4.